The maximum Gasteiger partial charge on any atom is 0.254 e. The summed E-state index contributed by atoms with van der Waals surface area (Å²) in [6, 6.07) is 15.5. The number of nitrogens with zero attached hydrogens (tertiary/aromatic N) is 2. The summed E-state index contributed by atoms with van der Waals surface area (Å²) in [5.74, 6) is 0.0974. The fraction of sp³-hybridized carbons (Fsp3) is 0.238. The van der Waals surface area contributed by atoms with Crippen molar-refractivity contribution in [2.75, 3.05) is 24.5 Å². The number of carbonyl (C=O) groups excluding carboxylic acids is 2. The van der Waals surface area contributed by atoms with Crippen LogP contribution in [0.1, 0.15) is 21.5 Å². The lowest BCUT2D eigenvalue weighted by Crippen LogP contribution is -2.35. The number of hydrogen-bond acceptors (Lipinski definition) is 3. The number of benzene rings is 2. The average molecular weight is 384 g/mol. The minimum atomic E-state index is 0. The van der Waals surface area contributed by atoms with Gasteiger partial charge in [0.1, 0.15) is 0 Å². The first kappa shape index (κ1) is 19.1. The van der Waals surface area contributed by atoms with Crippen molar-refractivity contribution >= 4 is 29.9 Å². The molecule has 0 radical (unpaired) electrons. The van der Waals surface area contributed by atoms with E-state index in [-0.39, 0.29) is 24.2 Å². The molecule has 0 unspecified atom stereocenters. The standard InChI is InChI=1S/C21H21N3O2.ClH/c25-20-14-22-13-18-5-1-2-6-19(18)24(20)15-16-7-9-17(10-8-16)21(26)23-11-3-4-12-23;/h1-10,22H,11-15H2;1H. The van der Waals surface area contributed by atoms with E-state index in [1.54, 1.807) is 4.90 Å². The average Bonchev–Trinajstić information content (AvgIpc) is 3.16. The number of anilines is 1. The molecule has 0 aliphatic carbocycles. The predicted octanol–water partition coefficient (Wildman–Crippen LogP) is 2.76. The van der Waals surface area contributed by atoms with E-state index >= 15 is 0 Å². The van der Waals surface area contributed by atoms with Gasteiger partial charge in [-0.25, -0.2) is 0 Å². The zero-order valence-electron chi connectivity index (χ0n) is 14.9. The van der Waals surface area contributed by atoms with Crippen molar-refractivity contribution in [1.29, 1.82) is 0 Å². The van der Waals surface area contributed by atoms with Crippen molar-refractivity contribution in [3.8, 4) is 0 Å². The highest BCUT2D eigenvalue weighted by Crippen LogP contribution is 2.24. The molecular formula is C21H22ClN3O2. The Morgan fingerprint density at radius 3 is 2.41 bits per heavy atom. The van der Waals surface area contributed by atoms with Crippen LogP contribution in [0, 0.1) is 0 Å². The molecule has 140 valence electrons. The Balaban J connectivity index is 0.00000210. The van der Waals surface area contributed by atoms with Gasteiger partial charge in [0.15, 0.2) is 0 Å². The number of amides is 2. The quantitative estimate of drug-likeness (QED) is 0.829. The number of para-hydroxylation sites is 1. The van der Waals surface area contributed by atoms with Crippen LogP contribution in [0.2, 0.25) is 0 Å². The molecule has 2 aliphatic heterocycles. The van der Waals surface area contributed by atoms with Gasteiger partial charge in [0.25, 0.3) is 5.91 Å². The topological polar surface area (TPSA) is 52.7 Å². The van der Waals surface area contributed by atoms with Gasteiger partial charge in [-0.3, -0.25) is 9.59 Å². The highest BCUT2D eigenvalue weighted by molar-refractivity contribution is 5.96. The zero-order valence-corrected chi connectivity index (χ0v) is 15.7. The Morgan fingerprint density at radius 2 is 1.67 bits per heavy atom. The Bertz CT molecular complexity index is 856. The van der Waals surface area contributed by atoms with Crippen LogP contribution in [0.15, 0.2) is 60.7 Å². The second-order valence-corrected chi connectivity index (χ2v) is 6.59. The van der Waals surface area contributed by atoms with Crippen molar-refractivity contribution < 1.29 is 9.59 Å². The lowest BCUT2D eigenvalue weighted by molar-refractivity contribution is -0.117. The van der Waals surface area contributed by atoms with Gasteiger partial charge in [-0.1, -0.05) is 42.5 Å². The fourth-order valence-corrected chi connectivity index (χ4v) is 3.39. The Kier molecular flexibility index (Phi) is 5.94. The summed E-state index contributed by atoms with van der Waals surface area (Å²) in [6.45, 7) is 2.86. The summed E-state index contributed by atoms with van der Waals surface area (Å²) in [5.41, 5.74) is 3.75. The second kappa shape index (κ2) is 8.37. The molecule has 6 heteroatoms. The van der Waals surface area contributed by atoms with Gasteiger partial charge in [0.2, 0.25) is 5.91 Å². The normalized spacial score (nSPS) is 15.9. The summed E-state index contributed by atoms with van der Waals surface area (Å²) in [6.07, 6.45) is 4.01. The molecule has 0 saturated heterocycles. The van der Waals surface area contributed by atoms with Gasteiger partial charge in [-0.15, -0.1) is 12.4 Å². The molecule has 27 heavy (non-hydrogen) atoms. The van der Waals surface area contributed by atoms with Gasteiger partial charge >= 0.3 is 0 Å². The summed E-state index contributed by atoms with van der Waals surface area (Å²) in [7, 11) is 0. The molecule has 2 aromatic rings. The molecule has 2 aliphatic rings. The minimum Gasteiger partial charge on any atom is -0.331 e. The molecule has 0 saturated carbocycles. The Morgan fingerprint density at radius 1 is 0.963 bits per heavy atom. The molecule has 1 N–H and O–H groups in total. The van der Waals surface area contributed by atoms with Gasteiger partial charge in [0, 0.05) is 30.9 Å². The highest BCUT2D eigenvalue weighted by Gasteiger charge is 2.22. The molecule has 2 aromatic carbocycles. The fourth-order valence-electron chi connectivity index (χ4n) is 3.39. The van der Waals surface area contributed by atoms with Crippen LogP contribution in [-0.4, -0.2) is 36.3 Å². The largest absolute Gasteiger partial charge is 0.331 e. The van der Waals surface area contributed by atoms with E-state index < -0.39 is 0 Å². The van der Waals surface area contributed by atoms with Crippen LogP contribution in [0.5, 0.6) is 0 Å². The maximum absolute atomic E-state index is 12.5. The van der Waals surface area contributed by atoms with E-state index in [2.05, 4.69) is 5.32 Å². The first-order valence-electron chi connectivity index (χ1n) is 8.84. The molecule has 5 nitrogen and oxygen atoms in total. The van der Waals surface area contributed by atoms with Crippen molar-refractivity contribution in [1.82, 2.24) is 10.2 Å². The van der Waals surface area contributed by atoms with Crippen molar-refractivity contribution in [3.05, 3.63) is 77.4 Å². The number of fused-ring (bicyclic) bond motifs is 1. The van der Waals surface area contributed by atoms with E-state index in [4.69, 9.17) is 0 Å². The van der Waals surface area contributed by atoms with Crippen LogP contribution in [0.25, 0.3) is 0 Å². The number of rotatable bonds is 3. The third kappa shape index (κ3) is 4.04. The van der Waals surface area contributed by atoms with Crippen LogP contribution in [0.3, 0.4) is 0 Å². The second-order valence-electron chi connectivity index (χ2n) is 6.59. The van der Waals surface area contributed by atoms with E-state index in [1.165, 1.54) is 0 Å². The summed E-state index contributed by atoms with van der Waals surface area (Å²) in [4.78, 5) is 28.6. The van der Waals surface area contributed by atoms with Crippen LogP contribution < -0.4 is 10.2 Å². The van der Waals surface area contributed by atoms with Crippen LogP contribution in [0.4, 0.5) is 5.69 Å². The lowest BCUT2D eigenvalue weighted by Gasteiger charge is -2.23. The highest BCUT2D eigenvalue weighted by atomic mass is 35.5. The third-order valence-corrected chi connectivity index (χ3v) is 4.82. The summed E-state index contributed by atoms with van der Waals surface area (Å²) in [5, 5.41) is 3.18. The van der Waals surface area contributed by atoms with Gasteiger partial charge in [0.05, 0.1) is 13.1 Å². The number of hydrogen-bond donors (Lipinski definition) is 1. The van der Waals surface area contributed by atoms with Crippen LogP contribution >= 0.6 is 12.4 Å². The Hall–Kier alpha value is -2.63. The van der Waals surface area contributed by atoms with Gasteiger partial charge in [-0.2, -0.15) is 0 Å². The molecule has 0 aromatic heterocycles. The molecule has 2 heterocycles. The van der Waals surface area contributed by atoms with Crippen LogP contribution in [-0.2, 0) is 17.9 Å². The summed E-state index contributed by atoms with van der Waals surface area (Å²) >= 11 is 0. The summed E-state index contributed by atoms with van der Waals surface area (Å²) < 4.78 is 0. The smallest absolute Gasteiger partial charge is 0.254 e. The SMILES string of the molecule is Cl.O=C(c1ccc(CN2C(=O)CNCc3ccccc32)cc1)N1CC=CC1. The molecule has 4 rings (SSSR count). The van der Waals surface area contributed by atoms with Crippen molar-refractivity contribution in [2.45, 2.75) is 13.1 Å². The number of halogens is 1. The molecule has 0 fully saturated rings. The third-order valence-electron chi connectivity index (χ3n) is 4.82. The molecule has 0 bridgehead atoms. The van der Waals surface area contributed by atoms with Crippen molar-refractivity contribution in [2.24, 2.45) is 0 Å². The van der Waals surface area contributed by atoms with Crippen molar-refractivity contribution in [3.63, 3.8) is 0 Å². The van der Waals surface area contributed by atoms with E-state index in [0.29, 0.717) is 38.3 Å². The van der Waals surface area contributed by atoms with E-state index in [9.17, 15) is 9.59 Å². The number of carbonyl (C=O) groups is 2. The molecule has 2 amide bonds. The van der Waals surface area contributed by atoms with Gasteiger partial charge in [-0.05, 0) is 29.3 Å². The molecular weight excluding hydrogens is 362 g/mol. The lowest BCUT2D eigenvalue weighted by atomic mass is 10.1. The monoisotopic (exact) mass is 383 g/mol. The number of nitrogens with one attached hydrogen (secondary N) is 1. The Labute approximate surface area is 165 Å². The maximum atomic E-state index is 12.5. The predicted molar refractivity (Wildman–Crippen MR) is 108 cm³/mol. The molecule has 0 atom stereocenters. The zero-order chi connectivity index (χ0) is 17.9. The first-order valence-corrected chi connectivity index (χ1v) is 8.84. The minimum absolute atomic E-state index is 0. The first-order chi connectivity index (χ1) is 12.7. The van der Waals surface area contributed by atoms with E-state index in [1.807, 2.05) is 65.6 Å². The molecule has 0 spiro atoms. The van der Waals surface area contributed by atoms with Gasteiger partial charge < -0.3 is 15.1 Å². The van der Waals surface area contributed by atoms with E-state index in [0.717, 1.165) is 16.8 Å².